The second kappa shape index (κ2) is 9.42. The molecule has 0 spiro atoms. The van der Waals surface area contributed by atoms with Gasteiger partial charge in [0.2, 0.25) is 0 Å². The van der Waals surface area contributed by atoms with Gasteiger partial charge in [-0.25, -0.2) is 0 Å². The lowest BCUT2D eigenvalue weighted by molar-refractivity contribution is -0.384. The van der Waals surface area contributed by atoms with E-state index in [0.717, 1.165) is 5.56 Å². The molecule has 8 nitrogen and oxygen atoms in total. The van der Waals surface area contributed by atoms with E-state index in [4.69, 9.17) is 14.2 Å². The van der Waals surface area contributed by atoms with Crippen LogP contribution in [0.4, 0.5) is 5.69 Å². The molecule has 8 heteroatoms. The Hall–Kier alpha value is -3.29. The minimum Gasteiger partial charge on any atom is -0.493 e. The average Bonchev–Trinajstić information content (AvgIpc) is 2.70. The van der Waals surface area contributed by atoms with Crippen LogP contribution < -0.4 is 14.2 Å². The van der Waals surface area contributed by atoms with Gasteiger partial charge in [0, 0.05) is 25.2 Å². The first-order valence-corrected chi connectivity index (χ1v) is 8.34. The Labute approximate surface area is 157 Å². The fraction of sp³-hybridized carbons (Fsp3) is 0.316. The van der Waals surface area contributed by atoms with Crippen molar-refractivity contribution in [3.63, 3.8) is 0 Å². The molecule has 0 N–H and O–H groups in total. The highest BCUT2D eigenvalue weighted by Crippen LogP contribution is 2.28. The first-order chi connectivity index (χ1) is 13.0. The summed E-state index contributed by atoms with van der Waals surface area (Å²) in [4.78, 5) is 24.3. The molecule has 2 aromatic carbocycles. The lowest BCUT2D eigenvalue weighted by Gasteiger charge is -2.21. The third-order valence-corrected chi connectivity index (χ3v) is 3.97. The van der Waals surface area contributed by atoms with Crippen molar-refractivity contribution in [1.29, 1.82) is 0 Å². The number of ether oxygens (including phenoxy) is 3. The molecule has 0 atom stereocenters. The molecule has 0 heterocycles. The molecule has 0 fully saturated rings. The van der Waals surface area contributed by atoms with Gasteiger partial charge in [-0.2, -0.15) is 0 Å². The number of hydrogen-bond acceptors (Lipinski definition) is 6. The molecule has 0 bridgehead atoms. The number of nitrogens with zero attached hydrogens (tertiary/aromatic N) is 2. The minimum absolute atomic E-state index is 0.0303. The fourth-order valence-corrected chi connectivity index (χ4v) is 2.48. The first-order valence-electron chi connectivity index (χ1n) is 8.34. The highest BCUT2D eigenvalue weighted by molar-refractivity contribution is 5.77. The van der Waals surface area contributed by atoms with Gasteiger partial charge in [0.25, 0.3) is 11.6 Å². The number of amides is 1. The van der Waals surface area contributed by atoms with Crippen molar-refractivity contribution in [3.05, 3.63) is 58.1 Å². The van der Waals surface area contributed by atoms with Crippen molar-refractivity contribution in [2.24, 2.45) is 0 Å². The van der Waals surface area contributed by atoms with Crippen LogP contribution in [0.3, 0.4) is 0 Å². The monoisotopic (exact) mass is 374 g/mol. The second-order valence-electron chi connectivity index (χ2n) is 5.64. The number of nitro benzene ring substituents is 1. The van der Waals surface area contributed by atoms with Crippen molar-refractivity contribution in [2.45, 2.75) is 13.5 Å². The van der Waals surface area contributed by atoms with Crippen LogP contribution in [0.5, 0.6) is 17.2 Å². The molecule has 1 amide bonds. The van der Waals surface area contributed by atoms with Crippen molar-refractivity contribution in [2.75, 3.05) is 27.4 Å². The Kier molecular flexibility index (Phi) is 6.99. The third kappa shape index (κ3) is 5.34. The van der Waals surface area contributed by atoms with E-state index in [2.05, 4.69) is 0 Å². The first kappa shape index (κ1) is 20.0. The molecule has 0 radical (unpaired) electrons. The van der Waals surface area contributed by atoms with Crippen molar-refractivity contribution >= 4 is 11.6 Å². The average molecular weight is 374 g/mol. The van der Waals surface area contributed by atoms with Gasteiger partial charge in [-0.3, -0.25) is 14.9 Å². The summed E-state index contributed by atoms with van der Waals surface area (Å²) in [6, 6.07) is 11.1. The summed E-state index contributed by atoms with van der Waals surface area (Å²) in [5.41, 5.74) is 0.871. The molecule has 0 aliphatic carbocycles. The SMILES string of the molecule is CCN(Cc1ccc(OC)c(OC)c1)C(=O)COc1ccc([N+](=O)[O-])cc1. The van der Waals surface area contributed by atoms with E-state index in [1.165, 1.54) is 24.3 Å². The van der Waals surface area contributed by atoms with Gasteiger partial charge in [0.15, 0.2) is 18.1 Å². The minimum atomic E-state index is -0.489. The highest BCUT2D eigenvalue weighted by atomic mass is 16.6. The molecular weight excluding hydrogens is 352 g/mol. The maximum atomic E-state index is 12.4. The molecule has 2 aromatic rings. The lowest BCUT2D eigenvalue weighted by atomic mass is 10.2. The van der Waals surface area contributed by atoms with Crippen LogP contribution in [0.1, 0.15) is 12.5 Å². The van der Waals surface area contributed by atoms with Gasteiger partial charge >= 0.3 is 0 Å². The zero-order valence-electron chi connectivity index (χ0n) is 15.5. The summed E-state index contributed by atoms with van der Waals surface area (Å²) in [5, 5.41) is 10.7. The Morgan fingerprint density at radius 3 is 2.30 bits per heavy atom. The van der Waals surface area contributed by atoms with Crippen LogP contribution in [-0.4, -0.2) is 43.1 Å². The number of benzene rings is 2. The molecule has 0 aliphatic heterocycles. The van der Waals surface area contributed by atoms with E-state index < -0.39 is 4.92 Å². The predicted octanol–water partition coefficient (Wildman–Crippen LogP) is 3.04. The molecule has 144 valence electrons. The summed E-state index contributed by atoms with van der Waals surface area (Å²) >= 11 is 0. The summed E-state index contributed by atoms with van der Waals surface area (Å²) in [7, 11) is 3.12. The van der Waals surface area contributed by atoms with Gasteiger partial charge in [0.05, 0.1) is 19.1 Å². The number of rotatable bonds is 9. The van der Waals surface area contributed by atoms with Crippen molar-refractivity contribution < 1.29 is 23.9 Å². The van der Waals surface area contributed by atoms with Crippen LogP contribution in [0.25, 0.3) is 0 Å². The van der Waals surface area contributed by atoms with Gasteiger partial charge in [-0.05, 0) is 36.8 Å². The van der Waals surface area contributed by atoms with Crippen LogP contribution >= 0.6 is 0 Å². The van der Waals surface area contributed by atoms with Gasteiger partial charge in [0.1, 0.15) is 5.75 Å². The Morgan fingerprint density at radius 1 is 1.07 bits per heavy atom. The second-order valence-corrected chi connectivity index (χ2v) is 5.64. The summed E-state index contributed by atoms with van der Waals surface area (Å²) in [6.07, 6.45) is 0. The van der Waals surface area contributed by atoms with E-state index in [1.54, 1.807) is 25.2 Å². The molecule has 0 saturated heterocycles. The zero-order valence-corrected chi connectivity index (χ0v) is 15.5. The van der Waals surface area contributed by atoms with Gasteiger partial charge < -0.3 is 19.1 Å². The van der Waals surface area contributed by atoms with E-state index in [0.29, 0.717) is 30.3 Å². The number of carbonyl (C=O) groups is 1. The summed E-state index contributed by atoms with van der Waals surface area (Å²) < 4.78 is 15.9. The fourth-order valence-electron chi connectivity index (χ4n) is 2.48. The van der Waals surface area contributed by atoms with Gasteiger partial charge in [-0.1, -0.05) is 6.07 Å². The molecule has 27 heavy (non-hydrogen) atoms. The number of non-ortho nitro benzene ring substituents is 1. The molecular formula is C19H22N2O6. The number of methoxy groups -OCH3 is 2. The van der Waals surface area contributed by atoms with E-state index in [1.807, 2.05) is 19.1 Å². The van der Waals surface area contributed by atoms with Crippen LogP contribution in [0.2, 0.25) is 0 Å². The maximum Gasteiger partial charge on any atom is 0.269 e. The number of hydrogen-bond donors (Lipinski definition) is 0. The van der Waals surface area contributed by atoms with Crippen molar-refractivity contribution in [1.82, 2.24) is 4.90 Å². The van der Waals surface area contributed by atoms with Gasteiger partial charge in [-0.15, -0.1) is 0 Å². The Morgan fingerprint density at radius 2 is 1.74 bits per heavy atom. The Bertz CT molecular complexity index is 791. The number of likely N-dealkylation sites (N-methyl/N-ethyl adjacent to an activating group) is 1. The zero-order chi connectivity index (χ0) is 19.8. The molecule has 0 unspecified atom stereocenters. The standard InChI is InChI=1S/C19H22N2O6/c1-4-20(12-14-5-10-17(25-2)18(11-14)26-3)19(22)13-27-16-8-6-15(7-9-16)21(23)24/h5-11H,4,12-13H2,1-3H3. The smallest absolute Gasteiger partial charge is 0.269 e. The predicted molar refractivity (Wildman–Crippen MR) is 99.2 cm³/mol. The maximum absolute atomic E-state index is 12.4. The molecule has 0 saturated carbocycles. The quantitative estimate of drug-likeness (QED) is 0.495. The number of nitro groups is 1. The van der Waals surface area contributed by atoms with Crippen LogP contribution in [0, 0.1) is 10.1 Å². The Balaban J connectivity index is 1.98. The molecule has 2 rings (SSSR count). The molecule has 0 aliphatic rings. The van der Waals surface area contributed by atoms with Crippen LogP contribution in [0.15, 0.2) is 42.5 Å². The summed E-state index contributed by atoms with van der Waals surface area (Å²) in [5.74, 6) is 1.43. The van der Waals surface area contributed by atoms with Crippen molar-refractivity contribution in [3.8, 4) is 17.2 Å². The highest BCUT2D eigenvalue weighted by Gasteiger charge is 2.15. The topological polar surface area (TPSA) is 91.1 Å². The largest absolute Gasteiger partial charge is 0.493 e. The normalized spacial score (nSPS) is 10.2. The third-order valence-electron chi connectivity index (χ3n) is 3.97. The van der Waals surface area contributed by atoms with E-state index in [-0.39, 0.29) is 18.2 Å². The summed E-state index contributed by atoms with van der Waals surface area (Å²) in [6.45, 7) is 2.64. The molecule has 0 aromatic heterocycles. The number of carbonyl (C=O) groups excluding carboxylic acids is 1. The van der Waals surface area contributed by atoms with E-state index >= 15 is 0 Å². The lowest BCUT2D eigenvalue weighted by Crippen LogP contribution is -2.34. The van der Waals surface area contributed by atoms with Crippen LogP contribution in [-0.2, 0) is 11.3 Å². The van der Waals surface area contributed by atoms with E-state index in [9.17, 15) is 14.9 Å².